The fourth-order valence-electron chi connectivity index (χ4n) is 0.444. The summed E-state index contributed by atoms with van der Waals surface area (Å²) in [5.74, 6) is -3.54. The van der Waals surface area contributed by atoms with Gasteiger partial charge < -0.3 is 15.3 Å². The number of carboxylic acid groups (broad SMARTS) is 2. The third-order valence-corrected chi connectivity index (χ3v) is 1.05. The Kier molecular flexibility index (Phi) is 3.55. The van der Waals surface area contributed by atoms with Crippen molar-refractivity contribution >= 4 is 11.9 Å². The summed E-state index contributed by atoms with van der Waals surface area (Å²) in [4.78, 5) is 20.1. The highest BCUT2D eigenvalue weighted by Gasteiger charge is 2.06. The van der Waals surface area contributed by atoms with Gasteiger partial charge in [-0.2, -0.15) is 0 Å². The van der Waals surface area contributed by atoms with E-state index in [2.05, 4.69) is 0 Å². The number of rotatable bonds is 3. The van der Waals surface area contributed by atoms with Gasteiger partial charge in [-0.1, -0.05) is 0 Å². The third-order valence-electron chi connectivity index (χ3n) is 1.05. The molecule has 0 aromatic rings. The lowest BCUT2D eigenvalue weighted by Gasteiger charge is -1.93. The zero-order valence-corrected chi connectivity index (χ0v) is 6.31. The van der Waals surface area contributed by atoms with Crippen molar-refractivity contribution in [1.82, 2.24) is 0 Å². The molecule has 0 aliphatic carbocycles. The van der Waals surface area contributed by atoms with Gasteiger partial charge >= 0.3 is 11.9 Å². The number of hydrogen-bond acceptors (Lipinski definition) is 3. The maximum atomic E-state index is 10.1. The average molecular weight is 172 g/mol. The van der Waals surface area contributed by atoms with E-state index >= 15 is 0 Å². The molecule has 0 saturated carbocycles. The molecular formula is C7H8O5. The van der Waals surface area contributed by atoms with E-state index in [1.807, 2.05) is 0 Å². The lowest BCUT2D eigenvalue weighted by atomic mass is 10.2. The molecule has 0 bridgehead atoms. The zero-order valence-electron chi connectivity index (χ0n) is 6.31. The normalized spacial score (nSPS) is 12.8. The summed E-state index contributed by atoms with van der Waals surface area (Å²) in [7, 11) is 0. The second-order valence-electron chi connectivity index (χ2n) is 2.01. The van der Waals surface area contributed by atoms with Gasteiger partial charge in [-0.05, 0) is 18.6 Å². The highest BCUT2D eigenvalue weighted by Crippen LogP contribution is 2.01. The monoisotopic (exact) mass is 172 g/mol. The largest absolute Gasteiger partial charge is 0.502 e. The van der Waals surface area contributed by atoms with E-state index in [9.17, 15) is 9.59 Å². The van der Waals surface area contributed by atoms with Crippen LogP contribution in [0.25, 0.3) is 0 Å². The predicted molar refractivity (Wildman–Crippen MR) is 39.7 cm³/mol. The number of aliphatic hydroxyl groups excluding tert-OH is 1. The highest BCUT2D eigenvalue weighted by atomic mass is 16.4. The Balaban J connectivity index is 4.58. The molecular weight excluding hydrogens is 164 g/mol. The molecule has 0 aliphatic rings. The summed E-state index contributed by atoms with van der Waals surface area (Å²) in [6.07, 6.45) is 1.75. The van der Waals surface area contributed by atoms with E-state index in [1.54, 1.807) is 0 Å². The fourth-order valence-corrected chi connectivity index (χ4v) is 0.444. The summed E-state index contributed by atoms with van der Waals surface area (Å²) in [6.45, 7) is 1.29. The van der Waals surface area contributed by atoms with E-state index in [4.69, 9.17) is 15.3 Å². The minimum Gasteiger partial charge on any atom is -0.502 e. The van der Waals surface area contributed by atoms with Gasteiger partial charge in [0.05, 0.1) is 0 Å². The third kappa shape index (κ3) is 3.40. The van der Waals surface area contributed by atoms with Crippen LogP contribution in [0.2, 0.25) is 0 Å². The number of hydrogen-bond donors (Lipinski definition) is 3. The first-order chi connectivity index (χ1) is 5.45. The van der Waals surface area contributed by atoms with Crippen LogP contribution in [0.3, 0.4) is 0 Å². The number of aliphatic carboxylic acids is 2. The molecule has 0 aromatic heterocycles. The van der Waals surface area contributed by atoms with Crippen molar-refractivity contribution in [2.45, 2.75) is 6.92 Å². The smallest absolute Gasteiger partial charge is 0.371 e. The van der Waals surface area contributed by atoms with Crippen molar-refractivity contribution in [3.8, 4) is 0 Å². The molecule has 0 aromatic carbocycles. The van der Waals surface area contributed by atoms with Crippen LogP contribution in [0.15, 0.2) is 23.5 Å². The second kappa shape index (κ2) is 4.17. The lowest BCUT2D eigenvalue weighted by molar-refractivity contribution is -0.135. The minimum atomic E-state index is -1.48. The Labute approximate surface area is 68.3 Å². The Morgan fingerprint density at radius 2 is 1.58 bits per heavy atom. The average Bonchev–Trinajstić information content (AvgIpc) is 1.98. The molecule has 0 rings (SSSR count). The van der Waals surface area contributed by atoms with Crippen LogP contribution in [-0.2, 0) is 9.59 Å². The Hall–Kier alpha value is -1.78. The van der Waals surface area contributed by atoms with Crippen LogP contribution >= 0.6 is 0 Å². The summed E-state index contributed by atoms with van der Waals surface area (Å²) < 4.78 is 0. The van der Waals surface area contributed by atoms with E-state index in [0.717, 1.165) is 12.2 Å². The van der Waals surface area contributed by atoms with Gasteiger partial charge in [0, 0.05) is 6.08 Å². The fraction of sp³-hybridized carbons (Fsp3) is 0.143. The molecule has 5 heteroatoms. The molecule has 0 amide bonds. The molecule has 0 unspecified atom stereocenters. The molecule has 0 radical (unpaired) electrons. The molecule has 0 aliphatic heterocycles. The second-order valence-corrected chi connectivity index (χ2v) is 2.01. The number of allylic oxidation sites excluding steroid dienone is 2. The van der Waals surface area contributed by atoms with Crippen molar-refractivity contribution in [2.24, 2.45) is 0 Å². The standard InChI is InChI=1S/C7H8O5/c1-4(2-3-5(8)9)6(10)7(11)12/h2-3,10H,1H3,(H,8,9)(H,11,12)/b3-2+,6-4-. The molecule has 0 spiro atoms. The van der Waals surface area contributed by atoms with Crippen LogP contribution in [-0.4, -0.2) is 27.3 Å². The highest BCUT2D eigenvalue weighted by molar-refractivity contribution is 5.86. The van der Waals surface area contributed by atoms with E-state index < -0.39 is 17.7 Å². The molecule has 0 heterocycles. The van der Waals surface area contributed by atoms with E-state index in [0.29, 0.717) is 0 Å². The van der Waals surface area contributed by atoms with Gasteiger partial charge in [0.2, 0.25) is 5.76 Å². The molecule has 0 atom stereocenters. The van der Waals surface area contributed by atoms with Crippen molar-refractivity contribution in [3.05, 3.63) is 23.5 Å². The SMILES string of the molecule is CC(/C=C/C(=O)O)=C(/O)C(=O)O. The molecule has 0 saturated heterocycles. The maximum Gasteiger partial charge on any atom is 0.371 e. The van der Waals surface area contributed by atoms with Crippen LogP contribution in [0.5, 0.6) is 0 Å². The first-order valence-corrected chi connectivity index (χ1v) is 2.99. The molecule has 12 heavy (non-hydrogen) atoms. The van der Waals surface area contributed by atoms with Crippen LogP contribution in [0.1, 0.15) is 6.92 Å². The molecule has 0 fully saturated rings. The molecule has 5 nitrogen and oxygen atoms in total. The first kappa shape index (κ1) is 10.2. The topological polar surface area (TPSA) is 94.8 Å². The van der Waals surface area contributed by atoms with Crippen molar-refractivity contribution in [2.75, 3.05) is 0 Å². The van der Waals surface area contributed by atoms with Gasteiger partial charge in [0.25, 0.3) is 0 Å². The zero-order chi connectivity index (χ0) is 9.72. The van der Waals surface area contributed by atoms with Crippen LogP contribution < -0.4 is 0 Å². The molecule has 66 valence electrons. The Bertz CT molecular complexity index is 261. The maximum absolute atomic E-state index is 10.1. The van der Waals surface area contributed by atoms with Gasteiger partial charge in [0.15, 0.2) is 0 Å². The molecule has 3 N–H and O–H groups in total. The van der Waals surface area contributed by atoms with Gasteiger partial charge in [-0.3, -0.25) is 0 Å². The van der Waals surface area contributed by atoms with Gasteiger partial charge in [-0.25, -0.2) is 9.59 Å². The summed E-state index contributed by atoms with van der Waals surface area (Å²) in [5.41, 5.74) is -0.00935. The number of aliphatic hydroxyl groups is 1. The summed E-state index contributed by atoms with van der Waals surface area (Å²) >= 11 is 0. The van der Waals surface area contributed by atoms with Gasteiger partial charge in [0.1, 0.15) is 0 Å². The summed E-state index contributed by atoms with van der Waals surface area (Å²) in [5, 5.41) is 25.1. The van der Waals surface area contributed by atoms with E-state index in [-0.39, 0.29) is 5.57 Å². The quantitative estimate of drug-likeness (QED) is 0.328. The predicted octanol–water partition coefficient (Wildman–Crippen LogP) is 0.544. The number of carbonyl (C=O) groups is 2. The Morgan fingerprint density at radius 3 is 1.92 bits per heavy atom. The van der Waals surface area contributed by atoms with Crippen LogP contribution in [0.4, 0.5) is 0 Å². The summed E-state index contributed by atoms with van der Waals surface area (Å²) in [6, 6.07) is 0. The minimum absolute atomic E-state index is 0.00935. The van der Waals surface area contributed by atoms with E-state index in [1.165, 1.54) is 6.92 Å². The van der Waals surface area contributed by atoms with Crippen molar-refractivity contribution < 1.29 is 24.9 Å². The van der Waals surface area contributed by atoms with Crippen molar-refractivity contribution in [1.29, 1.82) is 0 Å². The van der Waals surface area contributed by atoms with Crippen LogP contribution in [0, 0.1) is 0 Å². The Morgan fingerprint density at radius 1 is 1.08 bits per heavy atom. The first-order valence-electron chi connectivity index (χ1n) is 2.99. The number of carboxylic acids is 2. The lowest BCUT2D eigenvalue weighted by Crippen LogP contribution is -2.01. The van der Waals surface area contributed by atoms with Gasteiger partial charge in [-0.15, -0.1) is 0 Å². The van der Waals surface area contributed by atoms with Crippen molar-refractivity contribution in [3.63, 3.8) is 0 Å².